The molecule has 196 valence electrons. The number of nitrogens with zero attached hydrogens (tertiary/aromatic N) is 4. The summed E-state index contributed by atoms with van der Waals surface area (Å²) in [5.74, 6) is 0. The zero-order valence-corrected chi connectivity index (χ0v) is 22.8. The van der Waals surface area contributed by atoms with Gasteiger partial charge in [0, 0.05) is 33.1 Å². The quantitative estimate of drug-likeness (QED) is 0.226. The predicted octanol–water partition coefficient (Wildman–Crippen LogP) is 9.10. The molecular weight excluding hydrogens is 512 g/mol. The molecule has 5 aromatic carbocycles. The highest BCUT2D eigenvalue weighted by atomic mass is 15.0. The van der Waals surface area contributed by atoms with E-state index in [1.54, 1.807) is 0 Å². The van der Waals surface area contributed by atoms with Gasteiger partial charge in [-0.1, -0.05) is 72.8 Å². The van der Waals surface area contributed by atoms with E-state index in [4.69, 9.17) is 0 Å². The minimum Gasteiger partial charge on any atom is -0.310 e. The van der Waals surface area contributed by atoms with Gasteiger partial charge in [-0.3, -0.25) is 0 Å². The number of allylic oxidation sites excluding steroid dienone is 1. The third-order valence-electron chi connectivity index (χ3n) is 8.47. The summed E-state index contributed by atoms with van der Waals surface area (Å²) < 4.78 is 4.57. The van der Waals surface area contributed by atoms with Crippen molar-refractivity contribution in [1.29, 1.82) is 10.5 Å². The molecule has 0 saturated heterocycles. The smallest absolute Gasteiger partial charge is 0.101 e. The first kappa shape index (κ1) is 24.0. The average molecular weight is 537 g/mol. The number of fused-ring (bicyclic) bond motifs is 6. The second-order valence-corrected chi connectivity index (χ2v) is 10.7. The van der Waals surface area contributed by atoms with E-state index in [2.05, 4.69) is 118 Å². The molecule has 1 aliphatic rings. The van der Waals surface area contributed by atoms with E-state index >= 15 is 0 Å². The van der Waals surface area contributed by atoms with E-state index in [1.165, 1.54) is 22.2 Å². The summed E-state index contributed by atoms with van der Waals surface area (Å²) in [5.41, 5.74) is 10.5. The standard InChI is InChI=1S/C38H24N4/c39-23-26-21-33(38(22-27(26)24-40)42-36-18-7-3-14-31(36)32-15-4-8-19-37(32)42)25-10-9-11-28(20-25)41-34-16-5-1-12-29(34)30-13-2-6-17-35(30)41/h1,3-12,14-22H,2,13H2. The van der Waals surface area contributed by atoms with Gasteiger partial charge in [-0.15, -0.1) is 0 Å². The molecule has 2 aromatic heterocycles. The number of aryl methyl sites for hydroxylation is 1. The molecule has 0 radical (unpaired) electrons. The summed E-state index contributed by atoms with van der Waals surface area (Å²) in [4.78, 5) is 0. The maximum atomic E-state index is 10.0. The number of aromatic nitrogens is 2. The van der Waals surface area contributed by atoms with E-state index in [1.807, 2.05) is 24.3 Å². The monoisotopic (exact) mass is 536 g/mol. The zero-order valence-electron chi connectivity index (χ0n) is 22.8. The van der Waals surface area contributed by atoms with Gasteiger partial charge in [-0.2, -0.15) is 10.5 Å². The van der Waals surface area contributed by atoms with Crippen LogP contribution in [0.3, 0.4) is 0 Å². The Morgan fingerprint density at radius 3 is 1.90 bits per heavy atom. The normalized spacial score (nSPS) is 12.4. The van der Waals surface area contributed by atoms with Crippen molar-refractivity contribution < 1.29 is 0 Å². The van der Waals surface area contributed by atoms with E-state index in [-0.39, 0.29) is 0 Å². The van der Waals surface area contributed by atoms with Crippen LogP contribution in [-0.2, 0) is 6.42 Å². The summed E-state index contributed by atoms with van der Waals surface area (Å²) in [6, 6.07) is 42.1. The van der Waals surface area contributed by atoms with Crippen LogP contribution in [0, 0.1) is 22.7 Å². The van der Waals surface area contributed by atoms with Crippen molar-refractivity contribution in [3.63, 3.8) is 0 Å². The summed E-state index contributed by atoms with van der Waals surface area (Å²) in [7, 11) is 0. The molecule has 0 atom stereocenters. The third-order valence-corrected chi connectivity index (χ3v) is 8.47. The molecule has 42 heavy (non-hydrogen) atoms. The Labute approximate surface area is 243 Å². The largest absolute Gasteiger partial charge is 0.310 e. The van der Waals surface area contributed by atoms with E-state index < -0.39 is 0 Å². The highest BCUT2D eigenvalue weighted by Crippen LogP contribution is 2.39. The summed E-state index contributed by atoms with van der Waals surface area (Å²) in [5, 5.41) is 23.6. The van der Waals surface area contributed by atoms with Crippen molar-refractivity contribution in [3.05, 3.63) is 138 Å². The van der Waals surface area contributed by atoms with Gasteiger partial charge >= 0.3 is 0 Å². The Morgan fingerprint density at radius 2 is 1.21 bits per heavy atom. The maximum absolute atomic E-state index is 10.0. The first-order valence-electron chi connectivity index (χ1n) is 14.1. The molecule has 8 rings (SSSR count). The van der Waals surface area contributed by atoms with Crippen molar-refractivity contribution in [2.75, 3.05) is 0 Å². The fourth-order valence-corrected chi connectivity index (χ4v) is 6.65. The number of para-hydroxylation sites is 3. The maximum Gasteiger partial charge on any atom is 0.101 e. The minimum atomic E-state index is 0.366. The van der Waals surface area contributed by atoms with E-state index in [0.29, 0.717) is 11.1 Å². The number of nitriles is 2. The van der Waals surface area contributed by atoms with Gasteiger partial charge in [0.25, 0.3) is 0 Å². The lowest BCUT2D eigenvalue weighted by Gasteiger charge is -2.17. The van der Waals surface area contributed by atoms with E-state index in [9.17, 15) is 10.5 Å². The van der Waals surface area contributed by atoms with Gasteiger partial charge in [0.1, 0.15) is 12.1 Å². The molecule has 0 amide bonds. The lowest BCUT2D eigenvalue weighted by molar-refractivity contribution is 0.968. The average Bonchev–Trinajstić information content (AvgIpc) is 3.57. The van der Waals surface area contributed by atoms with Crippen LogP contribution in [-0.4, -0.2) is 9.13 Å². The first-order valence-corrected chi connectivity index (χ1v) is 14.1. The van der Waals surface area contributed by atoms with Crippen LogP contribution >= 0.6 is 0 Å². The Balaban J connectivity index is 1.43. The fourth-order valence-electron chi connectivity index (χ4n) is 6.65. The Hall–Kier alpha value is -5.84. The molecule has 0 bridgehead atoms. The molecule has 0 spiro atoms. The highest BCUT2D eigenvalue weighted by Gasteiger charge is 2.21. The van der Waals surface area contributed by atoms with Gasteiger partial charge in [-0.05, 0) is 72.5 Å². The third kappa shape index (κ3) is 3.46. The van der Waals surface area contributed by atoms with Gasteiger partial charge in [0.2, 0.25) is 0 Å². The lowest BCUT2D eigenvalue weighted by atomic mass is 9.97. The van der Waals surface area contributed by atoms with Gasteiger partial charge in [0.15, 0.2) is 0 Å². The molecule has 0 aliphatic heterocycles. The van der Waals surface area contributed by atoms with Crippen LogP contribution in [0.4, 0.5) is 0 Å². The molecule has 0 fully saturated rings. The van der Waals surface area contributed by atoms with Crippen LogP contribution in [0.2, 0.25) is 0 Å². The van der Waals surface area contributed by atoms with Gasteiger partial charge in [0.05, 0.1) is 33.4 Å². The van der Waals surface area contributed by atoms with Crippen LogP contribution in [0.5, 0.6) is 0 Å². The molecule has 4 nitrogen and oxygen atoms in total. The number of benzene rings is 5. The van der Waals surface area contributed by atoms with Crippen LogP contribution in [0.15, 0.2) is 115 Å². The van der Waals surface area contributed by atoms with Crippen molar-refractivity contribution in [3.8, 4) is 34.6 Å². The number of rotatable bonds is 3. The summed E-state index contributed by atoms with van der Waals surface area (Å²) in [6.07, 6.45) is 6.57. The molecule has 0 N–H and O–H groups in total. The van der Waals surface area contributed by atoms with Crippen molar-refractivity contribution in [2.45, 2.75) is 12.8 Å². The molecular formula is C38H24N4. The summed E-state index contributed by atoms with van der Waals surface area (Å²) in [6.45, 7) is 0. The minimum absolute atomic E-state index is 0.366. The SMILES string of the molecule is N#Cc1cc(-c2cccc(-n3c4c(c5ccccc53)CCC=C4)c2)c(-n2c3ccccc3c3ccccc32)cc1C#N. The number of hydrogen-bond donors (Lipinski definition) is 0. The Morgan fingerprint density at radius 1 is 0.595 bits per heavy atom. The lowest BCUT2D eigenvalue weighted by Crippen LogP contribution is -2.02. The predicted molar refractivity (Wildman–Crippen MR) is 170 cm³/mol. The van der Waals surface area contributed by atoms with Crippen molar-refractivity contribution in [1.82, 2.24) is 9.13 Å². The molecule has 7 aromatic rings. The van der Waals surface area contributed by atoms with Crippen LogP contribution < -0.4 is 0 Å². The van der Waals surface area contributed by atoms with Crippen LogP contribution in [0.1, 0.15) is 28.8 Å². The van der Waals surface area contributed by atoms with Crippen molar-refractivity contribution in [2.24, 2.45) is 0 Å². The van der Waals surface area contributed by atoms with Crippen molar-refractivity contribution >= 4 is 38.8 Å². The van der Waals surface area contributed by atoms with Crippen LogP contribution in [0.25, 0.3) is 61.3 Å². The van der Waals surface area contributed by atoms with E-state index in [0.717, 1.165) is 57.1 Å². The second-order valence-electron chi connectivity index (χ2n) is 10.7. The second kappa shape index (κ2) is 9.37. The fraction of sp³-hybridized carbons (Fsp3) is 0.0526. The topological polar surface area (TPSA) is 57.4 Å². The highest BCUT2D eigenvalue weighted by molar-refractivity contribution is 6.09. The zero-order chi connectivity index (χ0) is 28.2. The first-order chi connectivity index (χ1) is 20.8. The molecule has 4 heteroatoms. The number of hydrogen-bond acceptors (Lipinski definition) is 2. The Bertz CT molecular complexity index is 2280. The Kier molecular flexibility index (Phi) is 5.36. The molecule has 0 unspecified atom stereocenters. The molecule has 1 aliphatic carbocycles. The molecule has 0 saturated carbocycles. The van der Waals surface area contributed by atoms with Gasteiger partial charge in [-0.25, -0.2) is 0 Å². The van der Waals surface area contributed by atoms with Gasteiger partial charge < -0.3 is 9.13 Å². The summed E-state index contributed by atoms with van der Waals surface area (Å²) >= 11 is 0. The molecule has 2 heterocycles.